The standard InChI is InChI=1S/C27H29N3O4/c1-34-27(33)19-10-11-23-21(15-19)22-16-30(13-12-24(22)29-23)26(32)18-8-5-9-20(14-18)28-25(31)17-6-3-2-4-7-17/h5,8-11,14-15,17,29H,2-4,6-7,12-13,16H2,1H3,(H,28,31). The average molecular weight is 460 g/mol. The SMILES string of the molecule is COC(=O)c1ccc2[nH]c3c(c2c1)CN(C(=O)c1cccc(NC(=O)C2CCCCC2)c1)CC3. The van der Waals surface area contributed by atoms with Gasteiger partial charge in [-0.1, -0.05) is 25.3 Å². The Morgan fingerprint density at radius 2 is 1.85 bits per heavy atom. The number of carbonyl (C=O) groups is 3. The number of aromatic amines is 1. The first kappa shape index (κ1) is 22.2. The maximum absolute atomic E-state index is 13.4. The van der Waals surface area contributed by atoms with Crippen molar-refractivity contribution in [2.75, 3.05) is 19.0 Å². The summed E-state index contributed by atoms with van der Waals surface area (Å²) in [6.45, 7) is 1.05. The molecule has 1 aliphatic carbocycles. The van der Waals surface area contributed by atoms with Crippen LogP contribution in [0.5, 0.6) is 0 Å². The maximum atomic E-state index is 13.4. The first-order chi connectivity index (χ1) is 16.5. The molecule has 1 aliphatic heterocycles. The van der Waals surface area contributed by atoms with E-state index >= 15 is 0 Å². The van der Waals surface area contributed by atoms with Crippen molar-refractivity contribution in [3.63, 3.8) is 0 Å². The molecule has 2 aliphatic rings. The number of methoxy groups -OCH3 is 1. The first-order valence-corrected chi connectivity index (χ1v) is 12.0. The summed E-state index contributed by atoms with van der Waals surface area (Å²) < 4.78 is 4.86. The van der Waals surface area contributed by atoms with E-state index in [1.165, 1.54) is 13.5 Å². The van der Waals surface area contributed by atoms with Gasteiger partial charge in [-0.05, 0) is 49.2 Å². The summed E-state index contributed by atoms with van der Waals surface area (Å²) in [5, 5.41) is 3.94. The topological polar surface area (TPSA) is 91.5 Å². The van der Waals surface area contributed by atoms with E-state index in [1.54, 1.807) is 18.2 Å². The van der Waals surface area contributed by atoms with Crippen LogP contribution in [0, 0.1) is 5.92 Å². The minimum Gasteiger partial charge on any atom is -0.465 e. The third-order valence-electron chi connectivity index (χ3n) is 7.04. The molecule has 1 saturated carbocycles. The zero-order valence-electron chi connectivity index (χ0n) is 19.4. The Kier molecular flexibility index (Phi) is 6.09. The Labute approximate surface area is 198 Å². The quantitative estimate of drug-likeness (QED) is 0.555. The Bertz CT molecular complexity index is 1260. The molecule has 0 bridgehead atoms. The monoisotopic (exact) mass is 459 g/mol. The number of nitrogens with one attached hydrogen (secondary N) is 2. The summed E-state index contributed by atoms with van der Waals surface area (Å²) in [4.78, 5) is 43.2. The lowest BCUT2D eigenvalue weighted by atomic mass is 9.88. The fraction of sp³-hybridized carbons (Fsp3) is 0.370. The Morgan fingerprint density at radius 3 is 2.65 bits per heavy atom. The van der Waals surface area contributed by atoms with Crippen molar-refractivity contribution in [1.29, 1.82) is 0 Å². The second-order valence-electron chi connectivity index (χ2n) is 9.22. The van der Waals surface area contributed by atoms with Gasteiger partial charge >= 0.3 is 5.97 Å². The summed E-state index contributed by atoms with van der Waals surface area (Å²) in [6, 6.07) is 12.7. The minimum absolute atomic E-state index is 0.0483. The Balaban J connectivity index is 1.34. The highest BCUT2D eigenvalue weighted by molar-refractivity contribution is 5.99. The molecule has 0 spiro atoms. The van der Waals surface area contributed by atoms with Gasteiger partial charge in [-0.2, -0.15) is 0 Å². The molecule has 2 N–H and O–H groups in total. The number of H-pyrrole nitrogens is 1. The van der Waals surface area contributed by atoms with Crippen molar-refractivity contribution in [2.24, 2.45) is 5.92 Å². The summed E-state index contributed by atoms with van der Waals surface area (Å²) in [5.41, 5.74) is 4.77. The molecule has 176 valence electrons. The number of esters is 1. The second-order valence-corrected chi connectivity index (χ2v) is 9.22. The van der Waals surface area contributed by atoms with Crippen LogP contribution >= 0.6 is 0 Å². The Morgan fingerprint density at radius 1 is 1.03 bits per heavy atom. The van der Waals surface area contributed by atoms with Crippen LogP contribution in [0.25, 0.3) is 10.9 Å². The summed E-state index contributed by atoms with van der Waals surface area (Å²) in [5.74, 6) is -0.344. The van der Waals surface area contributed by atoms with Crippen molar-refractivity contribution >= 4 is 34.4 Å². The first-order valence-electron chi connectivity index (χ1n) is 12.0. The van der Waals surface area contributed by atoms with Crippen molar-refractivity contribution in [3.05, 3.63) is 64.8 Å². The highest BCUT2D eigenvalue weighted by Gasteiger charge is 2.26. The molecule has 0 atom stereocenters. The van der Waals surface area contributed by atoms with Crippen LogP contribution in [-0.2, 0) is 22.5 Å². The average Bonchev–Trinajstić information content (AvgIpc) is 3.25. The molecule has 7 nitrogen and oxygen atoms in total. The number of hydrogen-bond acceptors (Lipinski definition) is 4. The lowest BCUT2D eigenvalue weighted by Gasteiger charge is -2.27. The number of carbonyl (C=O) groups excluding carboxylic acids is 3. The molecule has 0 radical (unpaired) electrons. The van der Waals surface area contributed by atoms with Gasteiger partial charge in [0.05, 0.1) is 12.7 Å². The number of fused-ring (bicyclic) bond motifs is 3. The van der Waals surface area contributed by atoms with Crippen LogP contribution in [0.4, 0.5) is 5.69 Å². The predicted octanol–water partition coefficient (Wildman–Crippen LogP) is 4.67. The number of ether oxygens (including phenoxy) is 1. The molecule has 2 amide bonds. The summed E-state index contributed by atoms with van der Waals surface area (Å²) >= 11 is 0. The molecule has 7 heteroatoms. The molecule has 3 aromatic rings. The van der Waals surface area contributed by atoms with Crippen LogP contribution in [-0.4, -0.2) is 41.3 Å². The number of aromatic nitrogens is 1. The van der Waals surface area contributed by atoms with Gasteiger partial charge in [-0.15, -0.1) is 0 Å². The number of rotatable bonds is 4. The molecular formula is C27H29N3O4. The van der Waals surface area contributed by atoms with Crippen LogP contribution in [0.15, 0.2) is 42.5 Å². The highest BCUT2D eigenvalue weighted by atomic mass is 16.5. The molecule has 2 heterocycles. The molecule has 34 heavy (non-hydrogen) atoms. The third-order valence-corrected chi connectivity index (χ3v) is 7.04. The van der Waals surface area contributed by atoms with E-state index in [1.807, 2.05) is 29.2 Å². The smallest absolute Gasteiger partial charge is 0.337 e. The minimum atomic E-state index is -0.382. The fourth-order valence-electron chi connectivity index (χ4n) is 5.15. The van der Waals surface area contributed by atoms with Crippen LogP contribution in [0.3, 0.4) is 0 Å². The normalized spacial score (nSPS) is 16.2. The van der Waals surface area contributed by atoms with Crippen molar-refractivity contribution in [2.45, 2.75) is 45.1 Å². The van der Waals surface area contributed by atoms with Crippen molar-refractivity contribution < 1.29 is 19.1 Å². The summed E-state index contributed by atoms with van der Waals surface area (Å²) in [7, 11) is 1.37. The molecular weight excluding hydrogens is 430 g/mol. The van der Waals surface area contributed by atoms with E-state index in [4.69, 9.17) is 4.74 Å². The summed E-state index contributed by atoms with van der Waals surface area (Å²) in [6.07, 6.45) is 5.98. The lowest BCUT2D eigenvalue weighted by molar-refractivity contribution is -0.120. The van der Waals surface area contributed by atoms with E-state index in [9.17, 15) is 14.4 Å². The van der Waals surface area contributed by atoms with Gasteiger partial charge in [0.25, 0.3) is 5.91 Å². The number of anilines is 1. The van der Waals surface area contributed by atoms with E-state index in [0.29, 0.717) is 36.3 Å². The van der Waals surface area contributed by atoms with E-state index in [2.05, 4.69) is 10.3 Å². The highest BCUT2D eigenvalue weighted by Crippen LogP contribution is 2.30. The number of amides is 2. The largest absolute Gasteiger partial charge is 0.465 e. The molecule has 1 aromatic heterocycles. The fourth-order valence-corrected chi connectivity index (χ4v) is 5.15. The van der Waals surface area contributed by atoms with Gasteiger partial charge in [0, 0.05) is 58.8 Å². The third kappa shape index (κ3) is 4.30. The van der Waals surface area contributed by atoms with Gasteiger partial charge < -0.3 is 19.9 Å². The molecule has 0 unspecified atom stereocenters. The maximum Gasteiger partial charge on any atom is 0.337 e. The van der Waals surface area contributed by atoms with E-state index < -0.39 is 0 Å². The van der Waals surface area contributed by atoms with Crippen LogP contribution in [0.2, 0.25) is 0 Å². The van der Waals surface area contributed by atoms with Crippen molar-refractivity contribution in [3.8, 4) is 0 Å². The number of benzene rings is 2. The van der Waals surface area contributed by atoms with Gasteiger partial charge in [0.15, 0.2) is 0 Å². The van der Waals surface area contributed by atoms with Gasteiger partial charge in [-0.3, -0.25) is 9.59 Å². The molecule has 1 fully saturated rings. The van der Waals surface area contributed by atoms with Crippen LogP contribution in [0.1, 0.15) is 64.1 Å². The van der Waals surface area contributed by atoms with Gasteiger partial charge in [0.2, 0.25) is 5.91 Å². The second kappa shape index (κ2) is 9.33. The predicted molar refractivity (Wildman–Crippen MR) is 130 cm³/mol. The van der Waals surface area contributed by atoms with E-state index in [0.717, 1.165) is 47.8 Å². The lowest BCUT2D eigenvalue weighted by Crippen LogP contribution is -2.35. The number of nitrogens with zero attached hydrogens (tertiary/aromatic N) is 1. The van der Waals surface area contributed by atoms with Crippen LogP contribution < -0.4 is 5.32 Å². The Hall–Kier alpha value is -3.61. The zero-order valence-corrected chi connectivity index (χ0v) is 19.4. The van der Waals surface area contributed by atoms with Gasteiger partial charge in [-0.25, -0.2) is 4.79 Å². The zero-order chi connectivity index (χ0) is 23.7. The number of hydrogen-bond donors (Lipinski definition) is 2. The van der Waals surface area contributed by atoms with Crippen molar-refractivity contribution in [1.82, 2.24) is 9.88 Å². The van der Waals surface area contributed by atoms with E-state index in [-0.39, 0.29) is 23.7 Å². The molecule has 5 rings (SSSR count). The molecule has 0 saturated heterocycles. The van der Waals surface area contributed by atoms with Gasteiger partial charge in [0.1, 0.15) is 0 Å². The molecule has 2 aromatic carbocycles.